The summed E-state index contributed by atoms with van der Waals surface area (Å²) >= 11 is 0. The summed E-state index contributed by atoms with van der Waals surface area (Å²) in [4.78, 5) is 0. The molecular weight excluding hydrogens is 288 g/mol. The monoisotopic (exact) mass is 302 g/mol. The predicted octanol–water partition coefficient (Wildman–Crippen LogP) is 2.73. The summed E-state index contributed by atoms with van der Waals surface area (Å²) in [6.07, 6.45) is 10.3. The van der Waals surface area contributed by atoms with E-state index >= 15 is 0 Å². The number of hydrogen-bond donors (Lipinski definition) is 0. The van der Waals surface area contributed by atoms with Crippen LogP contribution in [0.2, 0.25) is 0 Å². The second-order valence-electron chi connectivity index (χ2n) is 1.64. The SMILES string of the molecule is C=CC=C[CH-]CCC.[Ir]. The van der Waals surface area contributed by atoms with E-state index in [9.17, 15) is 0 Å². The van der Waals surface area contributed by atoms with Crippen LogP contribution >= 0.6 is 0 Å². The average Bonchev–Trinajstić information content (AvgIpc) is 1.81. The van der Waals surface area contributed by atoms with E-state index in [1.165, 1.54) is 12.8 Å². The Balaban J connectivity index is 0. The Hall–Kier alpha value is -0.000649. The van der Waals surface area contributed by atoms with Crippen molar-refractivity contribution < 1.29 is 20.1 Å². The maximum Gasteiger partial charge on any atom is 0 e. The second kappa shape index (κ2) is 10.9. The zero-order valence-electron chi connectivity index (χ0n) is 5.76. The van der Waals surface area contributed by atoms with Crippen LogP contribution < -0.4 is 0 Å². The van der Waals surface area contributed by atoms with Gasteiger partial charge in [0.1, 0.15) is 0 Å². The summed E-state index contributed by atoms with van der Waals surface area (Å²) in [5.74, 6) is 0. The van der Waals surface area contributed by atoms with Gasteiger partial charge in [0.25, 0.3) is 0 Å². The van der Waals surface area contributed by atoms with Crippen molar-refractivity contribution in [2.75, 3.05) is 0 Å². The Labute approximate surface area is 71.4 Å². The fourth-order valence-electron chi connectivity index (χ4n) is 0.420. The van der Waals surface area contributed by atoms with Crippen molar-refractivity contribution in [1.29, 1.82) is 0 Å². The normalized spacial score (nSPS) is 8.56. The van der Waals surface area contributed by atoms with Crippen molar-refractivity contribution in [3.8, 4) is 0 Å². The van der Waals surface area contributed by atoms with Crippen LogP contribution in [0.3, 0.4) is 0 Å². The van der Waals surface area contributed by atoms with Crippen LogP contribution in [0.15, 0.2) is 24.8 Å². The van der Waals surface area contributed by atoms with Crippen molar-refractivity contribution in [1.82, 2.24) is 0 Å². The van der Waals surface area contributed by atoms with Crippen molar-refractivity contribution in [2.45, 2.75) is 19.8 Å². The fourth-order valence-corrected chi connectivity index (χ4v) is 0.420. The number of hydrogen-bond acceptors (Lipinski definition) is 0. The van der Waals surface area contributed by atoms with Gasteiger partial charge in [-0.2, -0.15) is 6.08 Å². The first-order valence-corrected chi connectivity index (χ1v) is 3.02. The summed E-state index contributed by atoms with van der Waals surface area (Å²) in [7, 11) is 0. The summed E-state index contributed by atoms with van der Waals surface area (Å²) in [6, 6.07) is 0. The van der Waals surface area contributed by atoms with Gasteiger partial charge in [0.15, 0.2) is 0 Å². The van der Waals surface area contributed by atoms with E-state index in [0.29, 0.717) is 0 Å². The summed E-state index contributed by atoms with van der Waals surface area (Å²) in [5, 5.41) is 0. The van der Waals surface area contributed by atoms with Crippen LogP contribution in [0.5, 0.6) is 0 Å². The quantitative estimate of drug-likeness (QED) is 0.425. The Morgan fingerprint density at radius 1 is 1.56 bits per heavy atom. The molecule has 0 aromatic carbocycles. The zero-order chi connectivity index (χ0) is 6.24. The molecule has 0 spiro atoms. The summed E-state index contributed by atoms with van der Waals surface area (Å²) in [5.41, 5.74) is 0. The Morgan fingerprint density at radius 3 is 2.67 bits per heavy atom. The molecule has 0 fully saturated rings. The van der Waals surface area contributed by atoms with Crippen LogP contribution in [0, 0.1) is 6.42 Å². The predicted molar refractivity (Wildman–Crippen MR) is 38.5 cm³/mol. The number of unbranched alkanes of at least 4 members (excludes halogenated alkanes) is 2. The third-order valence-corrected chi connectivity index (χ3v) is 0.839. The molecule has 0 N–H and O–H groups in total. The van der Waals surface area contributed by atoms with E-state index in [2.05, 4.69) is 19.9 Å². The molecule has 0 nitrogen and oxygen atoms in total. The molecule has 0 aliphatic carbocycles. The zero-order valence-corrected chi connectivity index (χ0v) is 8.16. The smallest absolute Gasteiger partial charge is 0 e. The topological polar surface area (TPSA) is 0 Å². The van der Waals surface area contributed by atoms with Gasteiger partial charge in [-0.05, 0) is 0 Å². The first kappa shape index (κ1) is 11.8. The first-order chi connectivity index (χ1) is 3.91. The van der Waals surface area contributed by atoms with Gasteiger partial charge in [0.05, 0.1) is 0 Å². The molecule has 0 aromatic heterocycles. The third kappa shape index (κ3) is 11.5. The first-order valence-electron chi connectivity index (χ1n) is 3.02. The summed E-state index contributed by atoms with van der Waals surface area (Å²) in [6.45, 7) is 5.72. The van der Waals surface area contributed by atoms with Gasteiger partial charge in [-0.25, -0.2) is 18.6 Å². The van der Waals surface area contributed by atoms with Gasteiger partial charge in [0.2, 0.25) is 0 Å². The average molecular weight is 301 g/mol. The molecule has 0 heterocycles. The number of rotatable bonds is 4. The van der Waals surface area contributed by atoms with E-state index in [0.717, 1.165) is 0 Å². The second-order valence-corrected chi connectivity index (χ2v) is 1.64. The van der Waals surface area contributed by atoms with Gasteiger partial charge < -0.3 is 0 Å². The van der Waals surface area contributed by atoms with Gasteiger partial charge >= 0.3 is 0 Å². The molecule has 0 amide bonds. The van der Waals surface area contributed by atoms with Crippen LogP contribution in [-0.4, -0.2) is 0 Å². The van der Waals surface area contributed by atoms with Crippen molar-refractivity contribution in [2.24, 2.45) is 0 Å². The van der Waals surface area contributed by atoms with E-state index in [1.807, 2.05) is 12.2 Å². The molecule has 0 aliphatic rings. The maximum absolute atomic E-state index is 3.55. The van der Waals surface area contributed by atoms with Crippen LogP contribution in [-0.2, 0) is 20.1 Å². The van der Waals surface area contributed by atoms with Gasteiger partial charge in [0, 0.05) is 20.1 Å². The Morgan fingerprint density at radius 2 is 2.22 bits per heavy atom. The molecule has 9 heavy (non-hydrogen) atoms. The van der Waals surface area contributed by atoms with E-state index in [1.54, 1.807) is 6.08 Å². The summed E-state index contributed by atoms with van der Waals surface area (Å²) < 4.78 is 0. The van der Waals surface area contributed by atoms with Gasteiger partial charge in [-0.15, -0.1) is 13.0 Å². The minimum absolute atomic E-state index is 0. The fraction of sp³-hybridized carbons (Fsp3) is 0.375. The third-order valence-electron chi connectivity index (χ3n) is 0.839. The van der Waals surface area contributed by atoms with E-state index in [4.69, 9.17) is 0 Å². The molecule has 0 aliphatic heterocycles. The minimum atomic E-state index is 0. The molecule has 55 valence electrons. The van der Waals surface area contributed by atoms with Gasteiger partial charge in [-0.1, -0.05) is 13.3 Å². The van der Waals surface area contributed by atoms with E-state index in [-0.39, 0.29) is 20.1 Å². The van der Waals surface area contributed by atoms with Crippen molar-refractivity contribution in [3.63, 3.8) is 0 Å². The number of allylic oxidation sites excluding steroid dienone is 3. The standard InChI is InChI=1S/C8H13.Ir/c1-3-5-7-8-6-4-2;/h3,5,7-8H,1,4,6H2,2H3;/q-1;. The largest absolute Gasteiger partial charge is 0.230 e. The maximum atomic E-state index is 3.55. The molecular formula is C8H13Ir-. The molecule has 0 rings (SSSR count). The van der Waals surface area contributed by atoms with Crippen LogP contribution in [0.4, 0.5) is 0 Å². The molecule has 0 saturated carbocycles. The van der Waals surface area contributed by atoms with Crippen LogP contribution in [0.1, 0.15) is 19.8 Å². The van der Waals surface area contributed by atoms with Crippen LogP contribution in [0.25, 0.3) is 0 Å². The molecule has 0 atom stereocenters. The van der Waals surface area contributed by atoms with Crippen molar-refractivity contribution in [3.05, 3.63) is 31.2 Å². The van der Waals surface area contributed by atoms with E-state index < -0.39 is 0 Å². The molecule has 0 bridgehead atoms. The van der Waals surface area contributed by atoms with Gasteiger partial charge in [-0.3, -0.25) is 0 Å². The molecule has 0 unspecified atom stereocenters. The molecule has 0 aromatic rings. The molecule has 1 heteroatoms. The Bertz CT molecular complexity index is 74.6. The minimum Gasteiger partial charge on any atom is -0.230 e. The van der Waals surface area contributed by atoms with Crippen molar-refractivity contribution >= 4 is 0 Å². The molecule has 0 saturated heterocycles. The molecule has 1 radical (unpaired) electrons. The Kier molecular flexibility index (Phi) is 14.2.